The molecule has 2 heterocycles. The highest BCUT2D eigenvalue weighted by Crippen LogP contribution is 2.17. The Hall–Kier alpha value is -1.34. The lowest BCUT2D eigenvalue weighted by molar-refractivity contribution is 0.196. The fraction of sp³-hybridized carbons (Fsp3) is 0.636. The molecule has 0 saturated carbocycles. The van der Waals surface area contributed by atoms with E-state index in [0.29, 0.717) is 0 Å². The molecule has 4 heteroatoms. The lowest BCUT2D eigenvalue weighted by Gasteiger charge is -2.28. The van der Waals surface area contributed by atoms with Gasteiger partial charge in [0.25, 0.3) is 0 Å². The van der Waals surface area contributed by atoms with Gasteiger partial charge in [0, 0.05) is 25.7 Å². The second-order valence-corrected chi connectivity index (χ2v) is 4.16. The molecule has 0 unspecified atom stereocenters. The second-order valence-electron chi connectivity index (χ2n) is 4.16. The molecule has 1 aliphatic heterocycles. The van der Waals surface area contributed by atoms with Gasteiger partial charge in [-0.15, -0.1) is 0 Å². The molecule has 1 saturated heterocycles. The molecule has 2 rings (SSSR count). The second kappa shape index (κ2) is 4.45. The van der Waals surface area contributed by atoms with Crippen LogP contribution >= 0.6 is 0 Å². The summed E-state index contributed by atoms with van der Waals surface area (Å²) >= 11 is 0. The number of hydrogen-bond donors (Lipinski definition) is 0. The highest BCUT2D eigenvalue weighted by Gasteiger charge is 2.18. The normalized spacial score (nSPS) is 18.9. The average molecular weight is 204 g/mol. The first-order valence-electron chi connectivity index (χ1n) is 5.38. The third-order valence-corrected chi connectivity index (χ3v) is 2.92. The minimum atomic E-state index is 0.269. The highest BCUT2D eigenvalue weighted by atomic mass is 15.3. The molecule has 0 spiro atoms. The van der Waals surface area contributed by atoms with Crippen LogP contribution in [0.4, 0.5) is 0 Å². The monoisotopic (exact) mass is 204 g/mol. The van der Waals surface area contributed by atoms with E-state index < -0.39 is 0 Å². The standard InChI is InChI=1S/C11H16N4/c1-14-5-4-11(13-14)9-15-6-2-10(8-12)3-7-15/h4-5,10H,2-3,6-7,9H2,1H3. The lowest BCUT2D eigenvalue weighted by atomic mass is 9.98. The molecular formula is C11H16N4. The molecule has 0 bridgehead atoms. The van der Waals surface area contributed by atoms with Crippen LogP contribution in [0.15, 0.2) is 12.3 Å². The molecule has 0 radical (unpaired) electrons. The zero-order chi connectivity index (χ0) is 10.7. The van der Waals surface area contributed by atoms with Crippen molar-refractivity contribution < 1.29 is 0 Å². The van der Waals surface area contributed by atoms with Gasteiger partial charge in [-0.25, -0.2) is 0 Å². The smallest absolute Gasteiger partial charge is 0.0764 e. The van der Waals surface area contributed by atoms with Crippen LogP contribution in [0.5, 0.6) is 0 Å². The molecule has 0 aliphatic carbocycles. The molecule has 0 atom stereocenters. The summed E-state index contributed by atoms with van der Waals surface area (Å²) in [6, 6.07) is 4.40. The van der Waals surface area contributed by atoms with Gasteiger partial charge in [0.1, 0.15) is 0 Å². The number of rotatable bonds is 2. The van der Waals surface area contributed by atoms with Crippen molar-refractivity contribution in [3.63, 3.8) is 0 Å². The maximum absolute atomic E-state index is 8.79. The van der Waals surface area contributed by atoms with Gasteiger partial charge in [-0.05, 0) is 32.0 Å². The number of nitriles is 1. The average Bonchev–Trinajstić information content (AvgIpc) is 2.65. The van der Waals surface area contributed by atoms with Gasteiger partial charge in [0.15, 0.2) is 0 Å². The van der Waals surface area contributed by atoms with Crippen molar-refractivity contribution in [3.8, 4) is 6.07 Å². The van der Waals surface area contributed by atoms with E-state index in [9.17, 15) is 0 Å². The van der Waals surface area contributed by atoms with Crippen molar-refractivity contribution in [2.24, 2.45) is 13.0 Å². The van der Waals surface area contributed by atoms with E-state index in [4.69, 9.17) is 5.26 Å². The minimum absolute atomic E-state index is 0.269. The first kappa shape index (κ1) is 10.2. The zero-order valence-corrected chi connectivity index (χ0v) is 9.06. The summed E-state index contributed by atoms with van der Waals surface area (Å²) in [4.78, 5) is 2.37. The topological polar surface area (TPSA) is 44.9 Å². The Morgan fingerprint density at radius 3 is 2.80 bits per heavy atom. The Balaban J connectivity index is 1.85. The van der Waals surface area contributed by atoms with Crippen molar-refractivity contribution >= 4 is 0 Å². The number of aryl methyl sites for hydroxylation is 1. The fourth-order valence-electron chi connectivity index (χ4n) is 2.00. The van der Waals surface area contributed by atoms with E-state index >= 15 is 0 Å². The largest absolute Gasteiger partial charge is 0.297 e. The third-order valence-electron chi connectivity index (χ3n) is 2.92. The van der Waals surface area contributed by atoms with Gasteiger partial charge < -0.3 is 0 Å². The van der Waals surface area contributed by atoms with E-state index in [2.05, 4.69) is 22.1 Å². The van der Waals surface area contributed by atoms with Crippen LogP contribution < -0.4 is 0 Å². The zero-order valence-electron chi connectivity index (χ0n) is 9.06. The van der Waals surface area contributed by atoms with E-state index in [1.54, 1.807) is 0 Å². The summed E-state index contributed by atoms with van der Waals surface area (Å²) in [5.41, 5.74) is 1.12. The Bertz CT molecular complexity index is 355. The van der Waals surface area contributed by atoms with E-state index in [-0.39, 0.29) is 5.92 Å². The molecule has 1 aromatic rings. The molecule has 0 aromatic carbocycles. The molecule has 15 heavy (non-hydrogen) atoms. The first-order chi connectivity index (χ1) is 7.28. The summed E-state index contributed by atoms with van der Waals surface area (Å²) in [6.45, 7) is 2.96. The molecule has 1 aromatic heterocycles. The molecule has 1 fully saturated rings. The van der Waals surface area contributed by atoms with Crippen LogP contribution in [0.25, 0.3) is 0 Å². The number of hydrogen-bond acceptors (Lipinski definition) is 3. The maximum Gasteiger partial charge on any atom is 0.0764 e. The number of aromatic nitrogens is 2. The fourth-order valence-corrected chi connectivity index (χ4v) is 2.00. The Morgan fingerprint density at radius 2 is 2.27 bits per heavy atom. The summed E-state index contributed by atoms with van der Waals surface area (Å²) in [5, 5.41) is 13.1. The molecular weight excluding hydrogens is 188 g/mol. The molecule has 0 N–H and O–H groups in total. The number of piperidine rings is 1. The predicted molar refractivity (Wildman–Crippen MR) is 56.8 cm³/mol. The summed E-state index contributed by atoms with van der Waals surface area (Å²) in [6.07, 6.45) is 3.98. The van der Waals surface area contributed by atoms with Crippen molar-refractivity contribution in [2.45, 2.75) is 19.4 Å². The van der Waals surface area contributed by atoms with E-state index in [1.165, 1.54) is 0 Å². The maximum atomic E-state index is 8.79. The first-order valence-corrected chi connectivity index (χ1v) is 5.38. The van der Waals surface area contributed by atoms with Crippen molar-refractivity contribution in [3.05, 3.63) is 18.0 Å². The third kappa shape index (κ3) is 2.57. The number of likely N-dealkylation sites (tertiary alicyclic amines) is 1. The predicted octanol–water partition coefficient (Wildman–Crippen LogP) is 1.16. The van der Waals surface area contributed by atoms with Crippen LogP contribution in [0.1, 0.15) is 18.5 Å². The van der Waals surface area contributed by atoms with E-state index in [1.807, 2.05) is 17.9 Å². The Kier molecular flexibility index (Phi) is 3.02. The Labute approximate surface area is 90.1 Å². The van der Waals surface area contributed by atoms with Gasteiger partial charge in [-0.2, -0.15) is 10.4 Å². The quantitative estimate of drug-likeness (QED) is 0.726. The van der Waals surface area contributed by atoms with Crippen molar-refractivity contribution in [2.75, 3.05) is 13.1 Å². The molecule has 1 aliphatic rings. The van der Waals surface area contributed by atoms with Gasteiger partial charge in [0.2, 0.25) is 0 Å². The van der Waals surface area contributed by atoms with Crippen LogP contribution in [0, 0.1) is 17.2 Å². The summed E-state index contributed by atoms with van der Waals surface area (Å²) < 4.78 is 1.83. The highest BCUT2D eigenvalue weighted by molar-refractivity contribution is 4.99. The minimum Gasteiger partial charge on any atom is -0.297 e. The van der Waals surface area contributed by atoms with Gasteiger partial charge in [-0.1, -0.05) is 0 Å². The van der Waals surface area contributed by atoms with Crippen LogP contribution in [-0.2, 0) is 13.6 Å². The van der Waals surface area contributed by atoms with Crippen LogP contribution in [0.3, 0.4) is 0 Å². The summed E-state index contributed by atoms with van der Waals surface area (Å²) in [7, 11) is 1.94. The SMILES string of the molecule is Cn1ccc(CN2CCC(C#N)CC2)n1. The van der Waals surface area contributed by atoms with Gasteiger partial charge in [0.05, 0.1) is 11.8 Å². The molecule has 4 nitrogen and oxygen atoms in total. The van der Waals surface area contributed by atoms with Crippen LogP contribution in [-0.4, -0.2) is 27.8 Å². The Morgan fingerprint density at radius 1 is 1.53 bits per heavy atom. The van der Waals surface area contributed by atoms with E-state index in [0.717, 1.165) is 38.2 Å². The summed E-state index contributed by atoms with van der Waals surface area (Å²) in [5.74, 6) is 0.269. The number of nitrogens with zero attached hydrogens (tertiary/aromatic N) is 4. The molecule has 80 valence electrons. The van der Waals surface area contributed by atoms with Crippen molar-refractivity contribution in [1.29, 1.82) is 5.26 Å². The molecule has 0 amide bonds. The van der Waals surface area contributed by atoms with Gasteiger partial charge in [-0.3, -0.25) is 9.58 Å². The van der Waals surface area contributed by atoms with Gasteiger partial charge >= 0.3 is 0 Å². The lowest BCUT2D eigenvalue weighted by Crippen LogP contribution is -2.32. The van der Waals surface area contributed by atoms with Crippen LogP contribution in [0.2, 0.25) is 0 Å². The van der Waals surface area contributed by atoms with Crippen molar-refractivity contribution in [1.82, 2.24) is 14.7 Å².